The summed E-state index contributed by atoms with van der Waals surface area (Å²) in [4.78, 5) is 34.6. The highest BCUT2D eigenvalue weighted by atomic mass is 16.5. The van der Waals surface area contributed by atoms with Gasteiger partial charge in [-0.1, -0.05) is 12.5 Å². The van der Waals surface area contributed by atoms with Crippen LogP contribution >= 0.6 is 0 Å². The lowest BCUT2D eigenvalue weighted by Gasteiger charge is -2.36. The van der Waals surface area contributed by atoms with Crippen LogP contribution in [0.25, 0.3) is 0 Å². The Hall–Kier alpha value is -2.35. The minimum absolute atomic E-state index is 0.0926. The van der Waals surface area contributed by atoms with Crippen LogP contribution < -0.4 is 4.74 Å². The number of aromatic nitrogens is 1. The third kappa shape index (κ3) is 4.06. The van der Waals surface area contributed by atoms with Gasteiger partial charge in [0.05, 0.1) is 6.54 Å². The molecule has 0 bridgehead atoms. The molecule has 8 heteroatoms. The van der Waals surface area contributed by atoms with Crippen LogP contribution in [0.5, 0.6) is 5.88 Å². The Morgan fingerprint density at radius 3 is 2.64 bits per heavy atom. The molecule has 0 unspecified atom stereocenters. The molecule has 1 aromatic rings. The maximum Gasteiger partial charge on any atom is 0.408 e. The summed E-state index contributed by atoms with van der Waals surface area (Å²) in [7, 11) is 0. The molecule has 1 aliphatic carbocycles. The second-order valence-corrected chi connectivity index (χ2v) is 7.89. The van der Waals surface area contributed by atoms with Crippen LogP contribution in [0.4, 0.5) is 4.79 Å². The fourth-order valence-electron chi connectivity index (χ4n) is 4.40. The van der Waals surface area contributed by atoms with Crippen molar-refractivity contribution in [2.75, 3.05) is 32.7 Å². The second kappa shape index (κ2) is 8.34. The van der Waals surface area contributed by atoms with Gasteiger partial charge in [0.2, 0.25) is 11.8 Å². The van der Waals surface area contributed by atoms with Gasteiger partial charge in [-0.3, -0.25) is 14.6 Å². The average Bonchev–Trinajstić information content (AvgIpc) is 2.92. The van der Waals surface area contributed by atoms with Gasteiger partial charge in [-0.2, -0.15) is 0 Å². The summed E-state index contributed by atoms with van der Waals surface area (Å²) in [6.07, 6.45) is 5.32. The van der Waals surface area contributed by atoms with E-state index in [4.69, 9.17) is 4.74 Å². The van der Waals surface area contributed by atoms with Gasteiger partial charge < -0.3 is 14.7 Å². The van der Waals surface area contributed by atoms with Crippen molar-refractivity contribution < 1.29 is 19.4 Å². The summed E-state index contributed by atoms with van der Waals surface area (Å²) in [6.45, 7) is 3.45. The van der Waals surface area contributed by atoms with Crippen molar-refractivity contribution in [2.24, 2.45) is 0 Å². The van der Waals surface area contributed by atoms with Gasteiger partial charge in [0.1, 0.15) is 12.1 Å². The van der Waals surface area contributed by atoms with Crippen LogP contribution in [0.15, 0.2) is 24.4 Å². The van der Waals surface area contributed by atoms with Gasteiger partial charge in [-0.05, 0) is 25.3 Å². The molecule has 28 heavy (non-hydrogen) atoms. The number of carbonyl (C=O) groups excluding carboxylic acids is 1. The summed E-state index contributed by atoms with van der Waals surface area (Å²) >= 11 is 0. The largest absolute Gasteiger partial charge is 0.472 e. The van der Waals surface area contributed by atoms with Crippen molar-refractivity contribution in [2.45, 2.75) is 50.3 Å². The van der Waals surface area contributed by atoms with Crippen LogP contribution in [-0.2, 0) is 4.79 Å². The number of hydrogen-bond acceptors (Lipinski definition) is 5. The molecule has 2 amide bonds. The Morgan fingerprint density at radius 1 is 1.11 bits per heavy atom. The van der Waals surface area contributed by atoms with Crippen LogP contribution in [-0.4, -0.2) is 87.7 Å². The minimum Gasteiger partial charge on any atom is -0.472 e. The second-order valence-electron chi connectivity index (χ2n) is 7.89. The van der Waals surface area contributed by atoms with Crippen molar-refractivity contribution in [1.82, 2.24) is 19.7 Å². The first kappa shape index (κ1) is 19.0. The highest BCUT2D eigenvalue weighted by molar-refractivity contribution is 5.86. The first-order chi connectivity index (χ1) is 13.6. The minimum atomic E-state index is -1.07. The number of hydrogen-bond donors (Lipinski definition) is 1. The highest BCUT2D eigenvalue weighted by Crippen LogP contribution is 2.27. The number of pyridine rings is 1. The number of nitrogens with zero attached hydrogens (tertiary/aromatic N) is 4. The van der Waals surface area contributed by atoms with E-state index in [9.17, 15) is 14.7 Å². The van der Waals surface area contributed by atoms with Gasteiger partial charge >= 0.3 is 6.09 Å². The maximum absolute atomic E-state index is 13.2. The van der Waals surface area contributed by atoms with Gasteiger partial charge in [0.15, 0.2) is 0 Å². The molecule has 2 aliphatic heterocycles. The van der Waals surface area contributed by atoms with Crippen molar-refractivity contribution in [3.05, 3.63) is 24.4 Å². The summed E-state index contributed by atoms with van der Waals surface area (Å²) in [5.74, 6) is 0.363. The molecular weight excluding hydrogens is 360 g/mol. The highest BCUT2D eigenvalue weighted by Gasteiger charge is 2.43. The van der Waals surface area contributed by atoms with Gasteiger partial charge in [0, 0.05) is 50.9 Å². The Bertz CT molecular complexity index is 697. The summed E-state index contributed by atoms with van der Waals surface area (Å²) in [5.41, 5.74) is 0. The summed E-state index contributed by atoms with van der Waals surface area (Å²) in [6, 6.07) is 5.35. The Kier molecular flexibility index (Phi) is 5.66. The third-order valence-electron chi connectivity index (χ3n) is 6.15. The van der Waals surface area contributed by atoms with Crippen molar-refractivity contribution in [3.63, 3.8) is 0 Å². The fourth-order valence-corrected chi connectivity index (χ4v) is 4.40. The predicted octanol–water partition coefficient (Wildman–Crippen LogP) is 1.67. The Labute approximate surface area is 165 Å². The molecule has 2 atom stereocenters. The number of ether oxygens (including phenoxy) is 1. The molecule has 3 aliphatic rings. The zero-order valence-corrected chi connectivity index (χ0v) is 16.1. The van der Waals surface area contributed by atoms with Crippen LogP contribution in [0.3, 0.4) is 0 Å². The van der Waals surface area contributed by atoms with Crippen LogP contribution in [0.2, 0.25) is 0 Å². The van der Waals surface area contributed by atoms with Gasteiger partial charge in [-0.15, -0.1) is 0 Å². The molecular formula is C20H28N4O4. The number of carboxylic acid groups (broad SMARTS) is 1. The fraction of sp³-hybridized carbons (Fsp3) is 0.650. The standard InChI is InChI=1S/C20H28N4O4/c25-19(23-10-4-9-22(11-12-23)15-5-3-6-15)17-13-16(14-24(17)20(26)27)28-18-7-1-2-8-21-18/h1-2,7-8,15-17H,3-6,9-14H2,(H,26,27)/t16-,17+/m1/s1. The third-order valence-corrected chi connectivity index (χ3v) is 6.15. The van der Waals surface area contributed by atoms with Gasteiger partial charge in [-0.25, -0.2) is 9.78 Å². The molecule has 3 heterocycles. The molecule has 8 nitrogen and oxygen atoms in total. The van der Waals surface area contributed by atoms with Gasteiger partial charge in [0.25, 0.3) is 0 Å². The lowest BCUT2D eigenvalue weighted by Crippen LogP contribution is -2.49. The maximum atomic E-state index is 13.2. The van der Waals surface area contributed by atoms with E-state index < -0.39 is 12.1 Å². The normalized spacial score (nSPS) is 26.6. The number of likely N-dealkylation sites (tertiary alicyclic amines) is 1. The molecule has 0 spiro atoms. The molecule has 2 saturated heterocycles. The quantitative estimate of drug-likeness (QED) is 0.844. The zero-order valence-electron chi connectivity index (χ0n) is 16.1. The zero-order chi connectivity index (χ0) is 19.5. The first-order valence-corrected chi connectivity index (χ1v) is 10.2. The molecule has 1 saturated carbocycles. The summed E-state index contributed by atoms with van der Waals surface area (Å²) in [5, 5.41) is 9.60. The molecule has 1 N–H and O–H groups in total. The Balaban J connectivity index is 1.39. The first-order valence-electron chi connectivity index (χ1n) is 10.2. The van der Waals surface area contributed by atoms with Crippen molar-refractivity contribution >= 4 is 12.0 Å². The molecule has 1 aromatic heterocycles. The SMILES string of the molecule is O=C([C@@H]1C[C@@H](Oc2ccccn2)CN1C(=O)O)N1CCCN(C2CCC2)CC1. The lowest BCUT2D eigenvalue weighted by atomic mass is 9.91. The van der Waals surface area contributed by atoms with E-state index in [1.165, 1.54) is 24.2 Å². The monoisotopic (exact) mass is 388 g/mol. The molecule has 0 radical (unpaired) electrons. The molecule has 0 aromatic carbocycles. The van der Waals surface area contributed by atoms with E-state index in [0.717, 1.165) is 19.5 Å². The van der Waals surface area contributed by atoms with E-state index in [1.807, 2.05) is 11.0 Å². The lowest BCUT2D eigenvalue weighted by molar-refractivity contribution is -0.135. The molecule has 152 valence electrons. The number of carbonyl (C=O) groups is 2. The topological polar surface area (TPSA) is 86.2 Å². The average molecular weight is 388 g/mol. The Morgan fingerprint density at radius 2 is 1.96 bits per heavy atom. The molecule has 4 rings (SSSR count). The summed E-state index contributed by atoms with van der Waals surface area (Å²) < 4.78 is 5.82. The van der Waals surface area contributed by atoms with Crippen molar-refractivity contribution in [1.29, 1.82) is 0 Å². The van der Waals surface area contributed by atoms with Crippen molar-refractivity contribution in [3.8, 4) is 5.88 Å². The number of rotatable bonds is 4. The smallest absolute Gasteiger partial charge is 0.408 e. The van der Waals surface area contributed by atoms with E-state index in [1.54, 1.807) is 18.3 Å². The van der Waals surface area contributed by atoms with E-state index in [-0.39, 0.29) is 18.6 Å². The predicted molar refractivity (Wildman–Crippen MR) is 102 cm³/mol. The molecule has 3 fully saturated rings. The van der Waals surface area contributed by atoms with E-state index in [0.29, 0.717) is 31.4 Å². The van der Waals surface area contributed by atoms with E-state index >= 15 is 0 Å². The van der Waals surface area contributed by atoms with Crippen LogP contribution in [0, 0.1) is 0 Å². The number of amides is 2. The van der Waals surface area contributed by atoms with Crippen LogP contribution in [0.1, 0.15) is 32.1 Å². The van der Waals surface area contributed by atoms with E-state index in [2.05, 4.69) is 9.88 Å².